The Hall–Kier alpha value is -1.51. The Balaban J connectivity index is 2.29. The van der Waals surface area contributed by atoms with E-state index in [1.165, 1.54) is 0 Å². The van der Waals surface area contributed by atoms with E-state index in [-0.39, 0.29) is 0 Å². The Bertz CT molecular complexity index is 596. The maximum Gasteiger partial charge on any atom is 0.253 e. The Morgan fingerprint density at radius 2 is 1.89 bits per heavy atom. The van der Waals surface area contributed by atoms with E-state index in [1.807, 2.05) is 31.2 Å². The van der Waals surface area contributed by atoms with Crippen molar-refractivity contribution in [1.82, 2.24) is 0 Å². The summed E-state index contributed by atoms with van der Waals surface area (Å²) in [6.45, 7) is 2.01. The minimum absolute atomic E-state index is 0.314. The number of hydrogen-bond donors (Lipinski definition) is 1. The molecule has 0 heterocycles. The number of nitrogens with one attached hydrogen (secondary N) is 1. The van der Waals surface area contributed by atoms with Crippen LogP contribution in [0, 0.1) is 6.92 Å². The quantitative estimate of drug-likeness (QED) is 0.820. The monoisotopic (exact) mass is 279 g/mol. The number of aryl methyl sites for hydroxylation is 1. The lowest BCUT2D eigenvalue weighted by atomic mass is 10.1. The number of halogens is 2. The van der Waals surface area contributed by atoms with Gasteiger partial charge in [0.25, 0.3) is 5.24 Å². The summed E-state index contributed by atoms with van der Waals surface area (Å²) in [5.41, 5.74) is 3.26. The molecule has 4 heteroatoms. The lowest BCUT2D eigenvalue weighted by molar-refractivity contribution is 0.108. The van der Waals surface area contributed by atoms with E-state index >= 15 is 0 Å². The lowest BCUT2D eigenvalue weighted by Crippen LogP contribution is -1.95. The normalized spacial score (nSPS) is 10.2. The Morgan fingerprint density at radius 1 is 1.17 bits per heavy atom. The summed E-state index contributed by atoms with van der Waals surface area (Å²) in [4.78, 5) is 11.1. The van der Waals surface area contributed by atoms with Gasteiger partial charge < -0.3 is 5.32 Å². The van der Waals surface area contributed by atoms with Crippen LogP contribution >= 0.6 is 23.2 Å². The zero-order chi connectivity index (χ0) is 13.1. The van der Waals surface area contributed by atoms with E-state index in [4.69, 9.17) is 23.2 Å². The summed E-state index contributed by atoms with van der Waals surface area (Å²) in [6, 6.07) is 13.0. The Morgan fingerprint density at radius 3 is 2.50 bits per heavy atom. The molecule has 0 aromatic heterocycles. The predicted octanol–water partition coefficient (Wildman–Crippen LogP) is 4.77. The molecular formula is C14H11Cl2NO. The van der Waals surface area contributed by atoms with E-state index in [9.17, 15) is 4.79 Å². The van der Waals surface area contributed by atoms with Gasteiger partial charge in [0.1, 0.15) is 0 Å². The number of anilines is 2. The summed E-state index contributed by atoms with van der Waals surface area (Å²) in [7, 11) is 0. The van der Waals surface area contributed by atoms with E-state index in [0.29, 0.717) is 10.6 Å². The van der Waals surface area contributed by atoms with Crippen molar-refractivity contribution in [3.63, 3.8) is 0 Å². The van der Waals surface area contributed by atoms with Crippen LogP contribution in [-0.2, 0) is 0 Å². The van der Waals surface area contributed by atoms with Crippen molar-refractivity contribution < 1.29 is 4.79 Å². The molecule has 18 heavy (non-hydrogen) atoms. The Labute approximate surface area is 116 Å². The third-order valence-electron chi connectivity index (χ3n) is 2.60. The molecule has 0 saturated carbocycles. The standard InChI is InChI=1S/C14H11Cl2NO/c1-9-4-2-3-5-13(9)17-10-6-7-11(14(16)18)12(15)8-10/h2-8,17H,1H3. The Kier molecular flexibility index (Phi) is 3.90. The van der Waals surface area contributed by atoms with Crippen molar-refractivity contribution in [3.05, 3.63) is 58.6 Å². The number of para-hydroxylation sites is 1. The van der Waals surface area contributed by atoms with Crippen molar-refractivity contribution in [3.8, 4) is 0 Å². The molecule has 0 amide bonds. The van der Waals surface area contributed by atoms with E-state index in [1.54, 1.807) is 18.2 Å². The zero-order valence-electron chi connectivity index (χ0n) is 9.71. The summed E-state index contributed by atoms with van der Waals surface area (Å²) >= 11 is 11.4. The van der Waals surface area contributed by atoms with Crippen molar-refractivity contribution in [2.45, 2.75) is 6.92 Å². The van der Waals surface area contributed by atoms with Gasteiger partial charge in [-0.25, -0.2) is 0 Å². The largest absolute Gasteiger partial charge is 0.355 e. The van der Waals surface area contributed by atoms with Crippen LogP contribution < -0.4 is 5.32 Å². The van der Waals surface area contributed by atoms with Gasteiger partial charge in [-0.3, -0.25) is 4.79 Å². The summed E-state index contributed by atoms with van der Waals surface area (Å²) in [5, 5.41) is 3.03. The number of hydrogen-bond acceptors (Lipinski definition) is 2. The van der Waals surface area contributed by atoms with E-state index < -0.39 is 5.24 Å². The number of benzene rings is 2. The van der Waals surface area contributed by atoms with Gasteiger partial charge in [0.15, 0.2) is 0 Å². The summed E-state index contributed by atoms with van der Waals surface area (Å²) in [6.07, 6.45) is 0. The van der Waals surface area contributed by atoms with Crippen LogP contribution in [0.3, 0.4) is 0 Å². The molecule has 0 aliphatic carbocycles. The third-order valence-corrected chi connectivity index (χ3v) is 3.12. The molecule has 2 aromatic rings. The van der Waals surface area contributed by atoms with Gasteiger partial charge in [0.2, 0.25) is 0 Å². The molecule has 0 fully saturated rings. The molecular weight excluding hydrogens is 269 g/mol. The van der Waals surface area contributed by atoms with Gasteiger partial charge in [-0.1, -0.05) is 29.8 Å². The van der Waals surface area contributed by atoms with Crippen LogP contribution in [0.1, 0.15) is 15.9 Å². The average molecular weight is 280 g/mol. The molecule has 0 saturated heterocycles. The van der Waals surface area contributed by atoms with Gasteiger partial charge >= 0.3 is 0 Å². The summed E-state index contributed by atoms with van der Waals surface area (Å²) < 4.78 is 0. The highest BCUT2D eigenvalue weighted by Gasteiger charge is 2.08. The first-order chi connectivity index (χ1) is 8.58. The molecule has 0 bridgehead atoms. The van der Waals surface area contributed by atoms with Gasteiger partial charge in [-0.05, 0) is 48.4 Å². The molecule has 0 spiro atoms. The van der Waals surface area contributed by atoms with Gasteiger partial charge in [0, 0.05) is 11.4 Å². The molecule has 1 N–H and O–H groups in total. The third kappa shape index (κ3) is 2.84. The van der Waals surface area contributed by atoms with E-state index in [2.05, 4.69) is 5.32 Å². The maximum absolute atomic E-state index is 11.1. The highest BCUT2D eigenvalue weighted by atomic mass is 35.5. The fourth-order valence-electron chi connectivity index (χ4n) is 1.62. The van der Waals surface area contributed by atoms with Crippen LogP contribution in [0.4, 0.5) is 11.4 Å². The van der Waals surface area contributed by atoms with Crippen molar-refractivity contribution in [1.29, 1.82) is 0 Å². The molecule has 0 aliphatic heterocycles. The number of carbonyl (C=O) groups is 1. The molecule has 0 radical (unpaired) electrons. The zero-order valence-corrected chi connectivity index (χ0v) is 11.2. The van der Waals surface area contributed by atoms with Crippen LogP contribution in [0.5, 0.6) is 0 Å². The topological polar surface area (TPSA) is 29.1 Å². The molecule has 2 nitrogen and oxygen atoms in total. The highest BCUT2D eigenvalue weighted by Crippen LogP contribution is 2.26. The van der Waals surface area contributed by atoms with Gasteiger partial charge in [-0.2, -0.15) is 0 Å². The predicted molar refractivity (Wildman–Crippen MR) is 76.1 cm³/mol. The van der Waals surface area contributed by atoms with Crippen molar-refractivity contribution >= 4 is 39.8 Å². The van der Waals surface area contributed by atoms with Crippen LogP contribution in [0.25, 0.3) is 0 Å². The van der Waals surface area contributed by atoms with Crippen LogP contribution in [0.2, 0.25) is 5.02 Å². The second kappa shape index (κ2) is 5.42. The van der Waals surface area contributed by atoms with Crippen LogP contribution in [0.15, 0.2) is 42.5 Å². The smallest absolute Gasteiger partial charge is 0.253 e. The first-order valence-electron chi connectivity index (χ1n) is 5.40. The fourth-order valence-corrected chi connectivity index (χ4v) is 2.10. The number of rotatable bonds is 3. The van der Waals surface area contributed by atoms with Gasteiger partial charge in [0.05, 0.1) is 10.6 Å². The molecule has 0 atom stereocenters. The lowest BCUT2D eigenvalue weighted by Gasteiger charge is -2.10. The minimum Gasteiger partial charge on any atom is -0.355 e. The minimum atomic E-state index is -0.553. The SMILES string of the molecule is Cc1ccccc1Nc1ccc(C(=O)Cl)c(Cl)c1. The van der Waals surface area contributed by atoms with E-state index in [0.717, 1.165) is 16.9 Å². The van der Waals surface area contributed by atoms with Gasteiger partial charge in [-0.15, -0.1) is 0 Å². The number of carbonyl (C=O) groups excluding carboxylic acids is 1. The molecule has 0 aliphatic rings. The van der Waals surface area contributed by atoms with Crippen LogP contribution in [-0.4, -0.2) is 5.24 Å². The molecule has 0 unspecified atom stereocenters. The maximum atomic E-state index is 11.1. The second-order valence-corrected chi connectivity index (χ2v) is 4.66. The highest BCUT2D eigenvalue weighted by molar-refractivity contribution is 6.68. The first-order valence-corrected chi connectivity index (χ1v) is 6.15. The molecule has 2 aromatic carbocycles. The van der Waals surface area contributed by atoms with Crippen molar-refractivity contribution in [2.24, 2.45) is 0 Å². The first kappa shape index (κ1) is 12.9. The summed E-state index contributed by atoms with van der Waals surface area (Å²) in [5.74, 6) is 0. The average Bonchev–Trinajstić information content (AvgIpc) is 2.32. The fraction of sp³-hybridized carbons (Fsp3) is 0.0714. The molecule has 92 valence electrons. The van der Waals surface area contributed by atoms with Crippen molar-refractivity contribution in [2.75, 3.05) is 5.32 Å². The second-order valence-electron chi connectivity index (χ2n) is 3.91. The molecule has 2 rings (SSSR count).